The maximum absolute atomic E-state index is 13.1. The van der Waals surface area contributed by atoms with Gasteiger partial charge in [0, 0.05) is 12.6 Å². The summed E-state index contributed by atoms with van der Waals surface area (Å²) in [6.45, 7) is 0. The minimum atomic E-state index is -4.64. The molecule has 0 saturated heterocycles. The van der Waals surface area contributed by atoms with Gasteiger partial charge in [0.1, 0.15) is 5.75 Å². The summed E-state index contributed by atoms with van der Waals surface area (Å²) in [4.78, 5) is 12.2. The summed E-state index contributed by atoms with van der Waals surface area (Å²) in [7, 11) is 3.30. The number of methoxy groups -OCH3 is 1. The highest BCUT2D eigenvalue weighted by molar-refractivity contribution is 7.99. The maximum Gasteiger partial charge on any atom is 0.418 e. The third-order valence-corrected chi connectivity index (χ3v) is 5.43. The minimum absolute atomic E-state index is 0.170. The maximum atomic E-state index is 13.1. The first-order chi connectivity index (χ1) is 14.2. The molecule has 158 valence electrons. The summed E-state index contributed by atoms with van der Waals surface area (Å²) in [5.41, 5.74) is -0.670. The fourth-order valence-corrected chi connectivity index (χ4v) is 3.56. The molecule has 0 atom stereocenters. The molecule has 1 aromatic heterocycles. The Bertz CT molecular complexity index is 1050. The van der Waals surface area contributed by atoms with Crippen LogP contribution < -0.4 is 10.1 Å². The fourth-order valence-electron chi connectivity index (χ4n) is 2.63. The number of alkyl halides is 3. The number of aromatic nitrogens is 3. The van der Waals surface area contributed by atoms with Crippen LogP contribution in [0.25, 0.3) is 11.4 Å². The van der Waals surface area contributed by atoms with E-state index in [0.29, 0.717) is 16.7 Å². The number of hydrogen-bond acceptors (Lipinski definition) is 5. The number of ether oxygens (including phenoxy) is 1. The van der Waals surface area contributed by atoms with Gasteiger partial charge >= 0.3 is 6.18 Å². The van der Waals surface area contributed by atoms with Gasteiger partial charge in [-0.1, -0.05) is 29.4 Å². The highest BCUT2D eigenvalue weighted by Gasteiger charge is 2.34. The Morgan fingerprint density at radius 2 is 1.90 bits per heavy atom. The number of carbonyl (C=O) groups is 1. The smallest absolute Gasteiger partial charge is 0.418 e. The summed E-state index contributed by atoms with van der Waals surface area (Å²) in [5.74, 6) is 0.459. The van der Waals surface area contributed by atoms with Crippen LogP contribution in [0.3, 0.4) is 0 Å². The van der Waals surface area contributed by atoms with Crippen LogP contribution in [0.15, 0.2) is 47.6 Å². The SMILES string of the molecule is COc1ccc(-c2nnc(SCC(=O)Nc3c(Cl)cccc3C(F)(F)F)n2C)cc1. The van der Waals surface area contributed by atoms with Gasteiger partial charge in [0.05, 0.1) is 29.1 Å². The van der Waals surface area contributed by atoms with Crippen molar-refractivity contribution in [3.8, 4) is 17.1 Å². The number of hydrogen-bond donors (Lipinski definition) is 1. The summed E-state index contributed by atoms with van der Waals surface area (Å²) in [6, 6.07) is 10.5. The second-order valence-corrected chi connectivity index (χ2v) is 7.44. The van der Waals surface area contributed by atoms with Crippen LogP contribution >= 0.6 is 23.4 Å². The van der Waals surface area contributed by atoms with Gasteiger partial charge in [-0.05, 0) is 36.4 Å². The van der Waals surface area contributed by atoms with E-state index in [4.69, 9.17) is 16.3 Å². The van der Waals surface area contributed by atoms with Crippen LogP contribution in [-0.4, -0.2) is 33.5 Å². The van der Waals surface area contributed by atoms with Crippen LogP contribution in [0.5, 0.6) is 5.75 Å². The van der Waals surface area contributed by atoms with Gasteiger partial charge in [-0.3, -0.25) is 4.79 Å². The number of anilines is 1. The monoisotopic (exact) mass is 456 g/mol. The molecule has 0 fully saturated rings. The number of rotatable bonds is 6. The van der Waals surface area contributed by atoms with E-state index < -0.39 is 23.3 Å². The molecule has 0 unspecified atom stereocenters. The molecular formula is C19H16ClF3N4O2S. The van der Waals surface area contributed by atoms with Crippen molar-refractivity contribution in [3.05, 3.63) is 53.1 Å². The van der Waals surface area contributed by atoms with Crippen molar-refractivity contribution >= 4 is 35.0 Å². The molecule has 0 saturated carbocycles. The molecule has 11 heteroatoms. The molecular weight excluding hydrogens is 441 g/mol. The Morgan fingerprint density at radius 1 is 1.20 bits per heavy atom. The third kappa shape index (κ3) is 4.88. The lowest BCUT2D eigenvalue weighted by atomic mass is 10.1. The molecule has 0 radical (unpaired) electrons. The van der Waals surface area contributed by atoms with Crippen molar-refractivity contribution in [2.45, 2.75) is 11.3 Å². The number of carbonyl (C=O) groups excluding carboxylic acids is 1. The minimum Gasteiger partial charge on any atom is -0.497 e. The highest BCUT2D eigenvalue weighted by atomic mass is 35.5. The molecule has 3 aromatic rings. The predicted octanol–water partition coefficient (Wildman–Crippen LogP) is 4.89. The first kappa shape index (κ1) is 22.0. The molecule has 30 heavy (non-hydrogen) atoms. The largest absolute Gasteiger partial charge is 0.497 e. The lowest BCUT2D eigenvalue weighted by Crippen LogP contribution is -2.18. The van der Waals surface area contributed by atoms with E-state index in [0.717, 1.165) is 23.4 Å². The summed E-state index contributed by atoms with van der Waals surface area (Å²) in [5, 5.41) is 10.6. The van der Waals surface area contributed by atoms with E-state index in [1.165, 1.54) is 12.1 Å². The Labute approximate surface area is 179 Å². The van der Waals surface area contributed by atoms with Gasteiger partial charge in [-0.2, -0.15) is 13.2 Å². The first-order valence-corrected chi connectivity index (χ1v) is 9.89. The Kier molecular flexibility index (Phi) is 6.57. The molecule has 0 aliphatic heterocycles. The molecule has 0 aliphatic rings. The zero-order chi connectivity index (χ0) is 21.9. The van der Waals surface area contributed by atoms with E-state index in [2.05, 4.69) is 15.5 Å². The lowest BCUT2D eigenvalue weighted by molar-refractivity contribution is -0.137. The number of benzene rings is 2. The predicted molar refractivity (Wildman–Crippen MR) is 109 cm³/mol. The van der Waals surface area contributed by atoms with E-state index >= 15 is 0 Å². The van der Waals surface area contributed by atoms with Crippen molar-refractivity contribution < 1.29 is 22.7 Å². The van der Waals surface area contributed by atoms with E-state index in [9.17, 15) is 18.0 Å². The highest BCUT2D eigenvalue weighted by Crippen LogP contribution is 2.38. The van der Waals surface area contributed by atoms with Crippen LogP contribution in [0.2, 0.25) is 5.02 Å². The number of amides is 1. The van der Waals surface area contributed by atoms with E-state index in [1.54, 1.807) is 30.9 Å². The Balaban J connectivity index is 1.70. The zero-order valence-corrected chi connectivity index (χ0v) is 17.4. The second-order valence-electron chi connectivity index (χ2n) is 6.09. The number of para-hydroxylation sites is 1. The number of nitrogens with zero attached hydrogens (tertiary/aromatic N) is 3. The molecule has 0 aliphatic carbocycles. The van der Waals surface area contributed by atoms with Crippen LogP contribution in [0.1, 0.15) is 5.56 Å². The van der Waals surface area contributed by atoms with Gasteiger partial charge in [-0.25, -0.2) is 0 Å². The van der Waals surface area contributed by atoms with Gasteiger partial charge < -0.3 is 14.6 Å². The van der Waals surface area contributed by atoms with Crippen LogP contribution in [0.4, 0.5) is 18.9 Å². The van der Waals surface area contributed by atoms with Crippen LogP contribution in [0, 0.1) is 0 Å². The quantitative estimate of drug-likeness (QED) is 0.535. The molecule has 2 aromatic carbocycles. The number of thioether (sulfide) groups is 1. The fraction of sp³-hybridized carbons (Fsp3) is 0.211. The normalized spacial score (nSPS) is 11.4. The third-order valence-electron chi connectivity index (χ3n) is 4.10. The molecule has 1 amide bonds. The topological polar surface area (TPSA) is 69.0 Å². The number of halogens is 4. The van der Waals surface area contributed by atoms with Gasteiger partial charge in [0.25, 0.3) is 0 Å². The standard InChI is InChI=1S/C19H16ClF3N4O2S/c1-27-17(11-6-8-12(29-2)9-7-11)25-26-18(27)30-10-15(28)24-16-13(19(21,22)23)4-3-5-14(16)20/h3-9H,10H2,1-2H3,(H,24,28). The summed E-state index contributed by atoms with van der Waals surface area (Å²) >= 11 is 6.90. The van der Waals surface area contributed by atoms with Crippen molar-refractivity contribution in [1.82, 2.24) is 14.8 Å². The molecule has 0 bridgehead atoms. The molecule has 3 rings (SSSR count). The van der Waals surface area contributed by atoms with Crippen molar-refractivity contribution in [2.75, 3.05) is 18.2 Å². The average molecular weight is 457 g/mol. The van der Waals surface area contributed by atoms with Crippen molar-refractivity contribution in [3.63, 3.8) is 0 Å². The summed E-state index contributed by atoms with van der Waals surface area (Å²) < 4.78 is 46.3. The van der Waals surface area contributed by atoms with Crippen molar-refractivity contribution in [2.24, 2.45) is 7.05 Å². The molecule has 0 spiro atoms. The zero-order valence-electron chi connectivity index (χ0n) is 15.8. The lowest BCUT2D eigenvalue weighted by Gasteiger charge is -2.15. The van der Waals surface area contributed by atoms with Gasteiger partial charge in [0.15, 0.2) is 11.0 Å². The summed E-state index contributed by atoms with van der Waals surface area (Å²) in [6.07, 6.45) is -4.64. The van der Waals surface area contributed by atoms with Crippen LogP contribution in [-0.2, 0) is 18.0 Å². The number of nitrogens with one attached hydrogen (secondary N) is 1. The van der Waals surface area contributed by atoms with E-state index in [1.807, 2.05) is 12.1 Å². The van der Waals surface area contributed by atoms with Gasteiger partial charge in [0.2, 0.25) is 5.91 Å². The second kappa shape index (κ2) is 8.97. The van der Waals surface area contributed by atoms with E-state index in [-0.39, 0.29) is 10.8 Å². The molecule has 1 N–H and O–H groups in total. The Morgan fingerprint density at radius 3 is 2.53 bits per heavy atom. The molecule has 1 heterocycles. The molecule has 6 nitrogen and oxygen atoms in total. The average Bonchev–Trinajstić information content (AvgIpc) is 3.07. The first-order valence-electron chi connectivity index (χ1n) is 8.53. The van der Waals surface area contributed by atoms with Gasteiger partial charge in [-0.15, -0.1) is 10.2 Å². The Hall–Kier alpha value is -2.72. The van der Waals surface area contributed by atoms with Crippen molar-refractivity contribution in [1.29, 1.82) is 0 Å².